The van der Waals surface area contributed by atoms with Crippen LogP contribution in [0.15, 0.2) is 60.1 Å². The molecule has 0 aliphatic carbocycles. The third-order valence-corrected chi connectivity index (χ3v) is 5.94. The fraction of sp³-hybridized carbons (Fsp3) is 0.105. The number of carbonyl (C=O) groups is 1. The number of hydrogen-bond donors (Lipinski definition) is 0. The molecule has 4 aromatic rings. The summed E-state index contributed by atoms with van der Waals surface area (Å²) in [6.45, 7) is 4.37. The van der Waals surface area contributed by atoms with Gasteiger partial charge in [-0.2, -0.15) is 4.99 Å². The monoisotopic (exact) mass is 381 g/mol. The molecule has 0 radical (unpaired) electrons. The molecule has 26 heavy (non-hydrogen) atoms. The Morgan fingerprint density at radius 2 is 2.12 bits per heavy atom. The lowest BCUT2D eigenvalue weighted by molar-refractivity contribution is 0.0997. The van der Waals surface area contributed by atoms with Crippen LogP contribution < -0.4 is 9.54 Å². The highest BCUT2D eigenvalue weighted by Gasteiger charge is 2.13. The Morgan fingerprint density at radius 1 is 1.27 bits per heavy atom. The third kappa shape index (κ3) is 2.95. The number of thiazole rings is 2. The molecule has 7 heteroatoms. The summed E-state index contributed by atoms with van der Waals surface area (Å²) in [5.74, 6) is 0.441. The maximum atomic E-state index is 12.7. The summed E-state index contributed by atoms with van der Waals surface area (Å²) in [6, 6.07) is 13.5. The van der Waals surface area contributed by atoms with Crippen molar-refractivity contribution in [3.05, 3.63) is 64.9 Å². The van der Waals surface area contributed by atoms with Gasteiger partial charge in [0.15, 0.2) is 9.81 Å². The highest BCUT2D eigenvalue weighted by molar-refractivity contribution is 7.20. The van der Waals surface area contributed by atoms with Crippen LogP contribution in [0.4, 0.5) is 0 Å². The summed E-state index contributed by atoms with van der Waals surface area (Å²) < 4.78 is 9.24. The minimum atomic E-state index is -0.331. The zero-order chi connectivity index (χ0) is 18.1. The van der Waals surface area contributed by atoms with Gasteiger partial charge in [0.2, 0.25) is 0 Å². The number of methoxy groups -OCH3 is 1. The van der Waals surface area contributed by atoms with E-state index in [2.05, 4.69) is 16.6 Å². The Labute approximate surface area is 157 Å². The second-order valence-electron chi connectivity index (χ2n) is 5.52. The maximum absolute atomic E-state index is 12.7. The third-order valence-electron chi connectivity index (χ3n) is 3.88. The number of allylic oxidation sites excluding steroid dienone is 1. The van der Waals surface area contributed by atoms with Gasteiger partial charge in [-0.15, -0.1) is 17.9 Å². The largest absolute Gasteiger partial charge is 0.497 e. The molecule has 0 unspecified atom stereocenters. The summed E-state index contributed by atoms with van der Waals surface area (Å²) in [5.41, 5.74) is 1.81. The van der Waals surface area contributed by atoms with Crippen molar-refractivity contribution < 1.29 is 9.53 Å². The minimum absolute atomic E-state index is 0.331. The van der Waals surface area contributed by atoms with E-state index in [9.17, 15) is 4.79 Å². The molecule has 1 amide bonds. The summed E-state index contributed by atoms with van der Waals surface area (Å²) in [5, 5.41) is 0.395. The molecule has 0 saturated heterocycles. The van der Waals surface area contributed by atoms with Crippen LogP contribution in [0, 0.1) is 0 Å². The van der Waals surface area contributed by atoms with Crippen molar-refractivity contribution in [1.29, 1.82) is 0 Å². The maximum Gasteiger partial charge on any atom is 0.308 e. The molecule has 0 atom stereocenters. The van der Waals surface area contributed by atoms with Gasteiger partial charge >= 0.3 is 5.91 Å². The van der Waals surface area contributed by atoms with Crippen molar-refractivity contribution in [3.8, 4) is 5.75 Å². The molecular formula is C19H15N3O2S2. The molecule has 2 heterocycles. The van der Waals surface area contributed by atoms with Gasteiger partial charge in [0, 0.05) is 6.54 Å². The topological polar surface area (TPSA) is 56.5 Å². The van der Waals surface area contributed by atoms with Crippen LogP contribution in [0.25, 0.3) is 20.4 Å². The lowest BCUT2D eigenvalue weighted by atomic mass is 10.3. The number of hydrogen-bond acceptors (Lipinski definition) is 5. The molecule has 0 fully saturated rings. The highest BCUT2D eigenvalue weighted by atomic mass is 32.1. The number of carbonyl (C=O) groups excluding carboxylic acids is 1. The summed E-state index contributed by atoms with van der Waals surface area (Å²) in [4.78, 5) is 22.0. The fourth-order valence-electron chi connectivity index (χ4n) is 2.67. The first-order chi connectivity index (χ1) is 12.7. The average Bonchev–Trinajstić information content (AvgIpc) is 3.23. The zero-order valence-corrected chi connectivity index (χ0v) is 15.6. The number of aromatic nitrogens is 2. The molecule has 2 aromatic carbocycles. The molecule has 2 aromatic heterocycles. The summed E-state index contributed by atoms with van der Waals surface area (Å²) >= 11 is 2.81. The average molecular weight is 381 g/mol. The first-order valence-electron chi connectivity index (χ1n) is 7.92. The number of benzene rings is 2. The fourth-order valence-corrected chi connectivity index (χ4v) is 4.59. The smallest absolute Gasteiger partial charge is 0.308 e. The van der Waals surface area contributed by atoms with E-state index in [0.717, 1.165) is 26.2 Å². The lowest BCUT2D eigenvalue weighted by Gasteiger charge is -2.02. The second kappa shape index (κ2) is 6.86. The molecule has 0 aliphatic heterocycles. The predicted octanol–water partition coefficient (Wildman–Crippen LogP) is 4.25. The van der Waals surface area contributed by atoms with Gasteiger partial charge in [-0.05, 0) is 30.3 Å². The molecule has 4 rings (SSSR count). The van der Waals surface area contributed by atoms with Crippen LogP contribution in [0.3, 0.4) is 0 Å². The summed E-state index contributed by atoms with van der Waals surface area (Å²) in [7, 11) is 1.63. The van der Waals surface area contributed by atoms with Crippen molar-refractivity contribution in [2.24, 2.45) is 4.99 Å². The van der Waals surface area contributed by atoms with Gasteiger partial charge in [0.05, 0.1) is 27.5 Å². The van der Waals surface area contributed by atoms with Crippen LogP contribution in [0.5, 0.6) is 5.75 Å². The Kier molecular flexibility index (Phi) is 4.40. The molecule has 0 bridgehead atoms. The van der Waals surface area contributed by atoms with Crippen LogP contribution in [0.2, 0.25) is 0 Å². The highest BCUT2D eigenvalue weighted by Crippen LogP contribution is 2.24. The number of nitrogens with zero attached hydrogens (tertiary/aromatic N) is 3. The van der Waals surface area contributed by atoms with E-state index in [1.165, 1.54) is 22.7 Å². The standard InChI is InChI=1S/C19H15N3O2S2/c1-3-10-22-14-9-8-12(24-2)11-16(14)26-19(22)21-17(23)18-20-13-6-4-5-7-15(13)25-18/h3-9,11H,1,10H2,2H3. The molecule has 0 N–H and O–H groups in total. The van der Waals surface area contributed by atoms with Gasteiger partial charge in [-0.25, -0.2) is 4.98 Å². The number of ether oxygens (including phenoxy) is 1. The molecule has 5 nitrogen and oxygen atoms in total. The molecule has 130 valence electrons. The Morgan fingerprint density at radius 3 is 2.88 bits per heavy atom. The molecule has 0 spiro atoms. The van der Waals surface area contributed by atoms with E-state index in [4.69, 9.17) is 4.74 Å². The normalized spacial score (nSPS) is 12.0. The van der Waals surface area contributed by atoms with Crippen molar-refractivity contribution in [2.45, 2.75) is 6.54 Å². The van der Waals surface area contributed by atoms with E-state index >= 15 is 0 Å². The lowest BCUT2D eigenvalue weighted by Crippen LogP contribution is -2.16. The van der Waals surface area contributed by atoms with Gasteiger partial charge < -0.3 is 9.30 Å². The van der Waals surface area contributed by atoms with Crippen LogP contribution in [-0.4, -0.2) is 22.6 Å². The Hall–Kier alpha value is -2.77. The van der Waals surface area contributed by atoms with E-state index in [1.807, 2.05) is 47.0 Å². The van der Waals surface area contributed by atoms with Gasteiger partial charge in [0.1, 0.15) is 5.75 Å². The number of para-hydroxylation sites is 1. The van der Waals surface area contributed by atoms with Gasteiger partial charge in [-0.1, -0.05) is 29.5 Å². The van der Waals surface area contributed by atoms with Crippen molar-refractivity contribution in [3.63, 3.8) is 0 Å². The molecule has 0 aliphatic rings. The van der Waals surface area contributed by atoms with E-state index in [0.29, 0.717) is 16.4 Å². The van der Waals surface area contributed by atoms with E-state index in [1.54, 1.807) is 13.2 Å². The predicted molar refractivity (Wildman–Crippen MR) is 106 cm³/mol. The van der Waals surface area contributed by atoms with Gasteiger partial charge in [-0.3, -0.25) is 4.79 Å². The first kappa shape index (κ1) is 16.7. The number of rotatable bonds is 4. The first-order valence-corrected chi connectivity index (χ1v) is 9.56. The van der Waals surface area contributed by atoms with E-state index in [-0.39, 0.29) is 5.91 Å². The van der Waals surface area contributed by atoms with Crippen LogP contribution in [-0.2, 0) is 6.54 Å². The SMILES string of the molecule is C=CCn1c(=NC(=O)c2nc3ccccc3s2)sc2cc(OC)ccc21. The Bertz CT molecular complexity index is 1170. The van der Waals surface area contributed by atoms with Crippen molar-refractivity contribution in [1.82, 2.24) is 9.55 Å². The number of fused-ring (bicyclic) bond motifs is 2. The van der Waals surface area contributed by atoms with Gasteiger partial charge in [0.25, 0.3) is 0 Å². The van der Waals surface area contributed by atoms with Crippen LogP contribution >= 0.6 is 22.7 Å². The molecule has 0 saturated carbocycles. The second-order valence-corrected chi connectivity index (χ2v) is 7.56. The van der Waals surface area contributed by atoms with Crippen molar-refractivity contribution >= 4 is 49.0 Å². The molecular weight excluding hydrogens is 366 g/mol. The zero-order valence-electron chi connectivity index (χ0n) is 14.0. The van der Waals surface area contributed by atoms with Crippen LogP contribution in [0.1, 0.15) is 9.80 Å². The quantitative estimate of drug-likeness (QED) is 0.497. The minimum Gasteiger partial charge on any atom is -0.497 e. The number of amides is 1. The Balaban J connectivity index is 1.84. The van der Waals surface area contributed by atoms with Crippen molar-refractivity contribution in [2.75, 3.05) is 7.11 Å². The van der Waals surface area contributed by atoms with E-state index < -0.39 is 0 Å². The summed E-state index contributed by atoms with van der Waals surface area (Å²) in [6.07, 6.45) is 1.79.